The molecule has 4 nitrogen and oxygen atoms in total. The molecule has 0 amide bonds. The van der Waals surface area contributed by atoms with Crippen molar-refractivity contribution in [3.8, 4) is 0 Å². The first kappa shape index (κ1) is 14.9. The Bertz CT molecular complexity index is 334. The van der Waals surface area contributed by atoms with Crippen LogP contribution in [0.1, 0.15) is 53.4 Å². The summed E-state index contributed by atoms with van der Waals surface area (Å²) in [4.78, 5) is 0. The monoisotopic (exact) mass is 263 g/mol. The van der Waals surface area contributed by atoms with Crippen molar-refractivity contribution in [3.05, 3.63) is 0 Å². The Kier molecular flexibility index (Phi) is 4.98. The van der Waals surface area contributed by atoms with Crippen molar-refractivity contribution >= 4 is 10.0 Å². The molecule has 1 atom stereocenters. The van der Waals surface area contributed by atoms with E-state index in [1.54, 1.807) is 13.8 Å². The lowest BCUT2D eigenvalue weighted by Gasteiger charge is -2.40. The second-order valence-corrected chi connectivity index (χ2v) is 7.41. The van der Waals surface area contributed by atoms with Crippen molar-refractivity contribution in [1.82, 2.24) is 4.72 Å². The SMILES string of the molecule is CCC1(CC)CC(NS(=O)(=O)C(C)C)CCO1. The fraction of sp³-hybridized carbons (Fsp3) is 1.00. The van der Waals surface area contributed by atoms with Crippen LogP contribution < -0.4 is 4.72 Å². The van der Waals surface area contributed by atoms with Crippen molar-refractivity contribution in [3.63, 3.8) is 0 Å². The lowest BCUT2D eigenvalue weighted by molar-refractivity contribution is -0.0905. The van der Waals surface area contributed by atoms with Gasteiger partial charge in [0, 0.05) is 12.6 Å². The van der Waals surface area contributed by atoms with Crippen molar-refractivity contribution in [1.29, 1.82) is 0 Å². The van der Waals surface area contributed by atoms with Gasteiger partial charge >= 0.3 is 0 Å². The third kappa shape index (κ3) is 3.66. The van der Waals surface area contributed by atoms with Crippen molar-refractivity contribution in [2.24, 2.45) is 0 Å². The standard InChI is InChI=1S/C12H25NO3S/c1-5-12(6-2)9-11(7-8-16-12)13-17(14,15)10(3)4/h10-11,13H,5-9H2,1-4H3. The Morgan fingerprint density at radius 2 is 1.94 bits per heavy atom. The summed E-state index contributed by atoms with van der Waals surface area (Å²) in [5.41, 5.74) is -0.136. The van der Waals surface area contributed by atoms with E-state index in [1.807, 2.05) is 0 Å². The number of sulfonamides is 1. The summed E-state index contributed by atoms with van der Waals surface area (Å²) in [5.74, 6) is 0. The van der Waals surface area contributed by atoms with Crippen molar-refractivity contribution in [2.45, 2.75) is 70.3 Å². The molecule has 1 saturated heterocycles. The number of rotatable bonds is 5. The number of hydrogen-bond acceptors (Lipinski definition) is 3. The van der Waals surface area contributed by atoms with Gasteiger partial charge in [0.2, 0.25) is 10.0 Å². The molecule has 17 heavy (non-hydrogen) atoms. The highest BCUT2D eigenvalue weighted by Gasteiger charge is 2.36. The highest BCUT2D eigenvalue weighted by molar-refractivity contribution is 7.90. The van der Waals surface area contributed by atoms with E-state index in [9.17, 15) is 8.42 Å². The molecule has 0 spiro atoms. The summed E-state index contributed by atoms with van der Waals surface area (Å²) in [6.07, 6.45) is 3.42. The zero-order valence-corrected chi connectivity index (χ0v) is 12.1. The largest absolute Gasteiger partial charge is 0.375 e. The summed E-state index contributed by atoms with van der Waals surface area (Å²) in [5, 5.41) is -0.372. The summed E-state index contributed by atoms with van der Waals surface area (Å²) < 4.78 is 32.3. The van der Waals surface area contributed by atoms with Gasteiger partial charge in [0.05, 0.1) is 10.9 Å². The second-order valence-electron chi connectivity index (χ2n) is 5.14. The molecule has 0 saturated carbocycles. The summed E-state index contributed by atoms with van der Waals surface area (Å²) in [6.45, 7) is 8.25. The van der Waals surface area contributed by atoms with Crippen LogP contribution in [-0.2, 0) is 14.8 Å². The van der Waals surface area contributed by atoms with Crippen LogP contribution in [-0.4, -0.2) is 31.9 Å². The van der Waals surface area contributed by atoms with E-state index < -0.39 is 10.0 Å². The average Bonchev–Trinajstić information content (AvgIpc) is 2.28. The Hall–Kier alpha value is -0.130. The van der Waals surface area contributed by atoms with Gasteiger partial charge in [0.25, 0.3) is 0 Å². The maximum atomic E-state index is 11.8. The second kappa shape index (κ2) is 5.67. The molecule has 0 aromatic heterocycles. The molecule has 1 aliphatic rings. The Labute approximate surface area is 105 Å². The zero-order valence-electron chi connectivity index (χ0n) is 11.3. The Balaban J connectivity index is 2.68. The van der Waals surface area contributed by atoms with Gasteiger partial charge in [-0.2, -0.15) is 0 Å². The molecular formula is C12H25NO3S. The highest BCUT2D eigenvalue weighted by Crippen LogP contribution is 2.31. The molecule has 102 valence electrons. The molecular weight excluding hydrogens is 238 g/mol. The van der Waals surface area contributed by atoms with E-state index in [0.29, 0.717) is 6.61 Å². The number of nitrogens with one attached hydrogen (secondary N) is 1. The van der Waals surface area contributed by atoms with Crippen molar-refractivity contribution in [2.75, 3.05) is 6.61 Å². The van der Waals surface area contributed by atoms with Crippen LogP contribution in [0.3, 0.4) is 0 Å². The predicted octanol–water partition coefficient (Wildman–Crippen LogP) is 2.05. The van der Waals surface area contributed by atoms with Crippen LogP contribution >= 0.6 is 0 Å². The number of hydrogen-bond donors (Lipinski definition) is 1. The summed E-state index contributed by atoms with van der Waals surface area (Å²) in [6, 6.07) is 0.0241. The van der Waals surface area contributed by atoms with Gasteiger partial charge in [-0.1, -0.05) is 13.8 Å². The van der Waals surface area contributed by atoms with Gasteiger partial charge in [-0.05, 0) is 39.5 Å². The normalized spacial score (nSPS) is 25.1. The first-order valence-electron chi connectivity index (χ1n) is 6.50. The fourth-order valence-electron chi connectivity index (χ4n) is 2.24. The summed E-state index contributed by atoms with van der Waals surface area (Å²) >= 11 is 0. The van der Waals surface area contributed by atoms with Crippen LogP contribution in [0.25, 0.3) is 0 Å². The minimum atomic E-state index is -3.17. The van der Waals surface area contributed by atoms with E-state index >= 15 is 0 Å². The first-order valence-corrected chi connectivity index (χ1v) is 8.05. The third-order valence-corrected chi connectivity index (χ3v) is 5.64. The molecule has 5 heteroatoms. The molecule has 1 aliphatic heterocycles. The van der Waals surface area contributed by atoms with E-state index in [2.05, 4.69) is 18.6 Å². The molecule has 1 unspecified atom stereocenters. The molecule has 0 aromatic carbocycles. The number of ether oxygens (including phenoxy) is 1. The molecule has 0 aromatic rings. The van der Waals surface area contributed by atoms with E-state index in [1.165, 1.54) is 0 Å². The third-order valence-electron chi connectivity index (χ3n) is 3.73. The fourth-order valence-corrected chi connectivity index (χ4v) is 3.18. The van der Waals surface area contributed by atoms with Crippen LogP contribution in [0.2, 0.25) is 0 Å². The van der Waals surface area contributed by atoms with E-state index in [0.717, 1.165) is 25.7 Å². The Morgan fingerprint density at radius 1 is 1.35 bits per heavy atom. The summed E-state index contributed by atoms with van der Waals surface area (Å²) in [7, 11) is -3.17. The van der Waals surface area contributed by atoms with Crippen LogP contribution in [0.15, 0.2) is 0 Å². The lowest BCUT2D eigenvalue weighted by Crippen LogP contribution is -2.49. The van der Waals surface area contributed by atoms with Crippen LogP contribution in [0, 0.1) is 0 Å². The van der Waals surface area contributed by atoms with E-state index in [-0.39, 0.29) is 16.9 Å². The first-order chi connectivity index (χ1) is 7.85. The minimum absolute atomic E-state index is 0.0241. The smallest absolute Gasteiger partial charge is 0.214 e. The molecule has 1 rings (SSSR count). The lowest BCUT2D eigenvalue weighted by atomic mass is 9.86. The predicted molar refractivity (Wildman–Crippen MR) is 69.5 cm³/mol. The molecule has 1 N–H and O–H groups in total. The molecule has 1 fully saturated rings. The Morgan fingerprint density at radius 3 is 2.41 bits per heavy atom. The molecule has 0 radical (unpaired) electrons. The van der Waals surface area contributed by atoms with Gasteiger partial charge in [-0.3, -0.25) is 0 Å². The van der Waals surface area contributed by atoms with Crippen LogP contribution in [0.4, 0.5) is 0 Å². The molecule has 1 heterocycles. The zero-order chi connectivity index (χ0) is 13.1. The molecule has 0 aliphatic carbocycles. The highest BCUT2D eigenvalue weighted by atomic mass is 32.2. The van der Waals surface area contributed by atoms with Gasteiger partial charge < -0.3 is 4.74 Å². The average molecular weight is 263 g/mol. The van der Waals surface area contributed by atoms with Crippen LogP contribution in [0.5, 0.6) is 0 Å². The topological polar surface area (TPSA) is 55.4 Å². The van der Waals surface area contributed by atoms with Gasteiger partial charge in [-0.15, -0.1) is 0 Å². The van der Waals surface area contributed by atoms with Gasteiger partial charge in [-0.25, -0.2) is 13.1 Å². The maximum absolute atomic E-state index is 11.8. The minimum Gasteiger partial charge on any atom is -0.375 e. The quantitative estimate of drug-likeness (QED) is 0.826. The van der Waals surface area contributed by atoms with Crippen molar-refractivity contribution < 1.29 is 13.2 Å². The maximum Gasteiger partial charge on any atom is 0.214 e. The van der Waals surface area contributed by atoms with Gasteiger partial charge in [0.15, 0.2) is 0 Å². The van der Waals surface area contributed by atoms with E-state index in [4.69, 9.17) is 4.74 Å². The van der Waals surface area contributed by atoms with Gasteiger partial charge in [0.1, 0.15) is 0 Å². The molecule has 0 bridgehead atoms.